The van der Waals surface area contributed by atoms with E-state index in [0.717, 1.165) is 36.3 Å². The van der Waals surface area contributed by atoms with Crippen molar-refractivity contribution in [1.29, 1.82) is 0 Å². The van der Waals surface area contributed by atoms with Gasteiger partial charge >= 0.3 is 0 Å². The fraction of sp³-hybridized carbons (Fsp3) is 0.235. The largest absolute Gasteiger partial charge is 0.383 e. The lowest BCUT2D eigenvalue weighted by Crippen LogP contribution is -2.12. The van der Waals surface area contributed by atoms with Crippen molar-refractivity contribution < 1.29 is 4.79 Å². The fourth-order valence-electron chi connectivity index (χ4n) is 2.70. The van der Waals surface area contributed by atoms with Gasteiger partial charge < -0.3 is 16.0 Å². The number of carbonyl (C=O) groups excluding carboxylic acids is 1. The molecule has 4 heteroatoms. The van der Waals surface area contributed by atoms with Crippen LogP contribution in [0.25, 0.3) is 17.0 Å². The molecule has 0 aliphatic heterocycles. The summed E-state index contributed by atoms with van der Waals surface area (Å²) in [7, 11) is 0. The number of amides is 1. The van der Waals surface area contributed by atoms with Crippen molar-refractivity contribution in [2.75, 3.05) is 11.9 Å². The molecule has 1 aliphatic carbocycles. The first-order chi connectivity index (χ1) is 10.2. The van der Waals surface area contributed by atoms with Crippen LogP contribution in [0.1, 0.15) is 24.6 Å². The Kier molecular flexibility index (Phi) is 3.52. The van der Waals surface area contributed by atoms with Gasteiger partial charge in [-0.3, -0.25) is 4.79 Å². The quantitative estimate of drug-likeness (QED) is 0.806. The third-order valence-corrected chi connectivity index (χ3v) is 3.74. The number of aromatic amines is 1. The van der Waals surface area contributed by atoms with Crippen molar-refractivity contribution in [2.45, 2.75) is 19.8 Å². The molecule has 4 N–H and O–H groups in total. The Morgan fingerprint density at radius 2 is 2.29 bits per heavy atom. The highest BCUT2D eigenvalue weighted by Gasteiger charge is 2.15. The monoisotopic (exact) mass is 281 g/mol. The molecule has 4 nitrogen and oxygen atoms in total. The number of aromatic nitrogens is 1. The summed E-state index contributed by atoms with van der Waals surface area (Å²) in [6.45, 7) is 3.08. The Morgan fingerprint density at radius 1 is 1.43 bits per heavy atom. The standard InChI is InChI=1S/C17H19N3O/c1-2-9-19-14-8-4-7-13-12-6-3-5-11(17(18)21)10-15(12)20-16(13)14/h3-5,7-8,10,19-20H,2,6,9H2,1H3,(H2,18,21). The molecular weight excluding hydrogens is 262 g/mol. The lowest BCUT2D eigenvalue weighted by molar-refractivity contribution is -0.114. The summed E-state index contributed by atoms with van der Waals surface area (Å²) in [5.41, 5.74) is 10.3. The summed E-state index contributed by atoms with van der Waals surface area (Å²) in [4.78, 5) is 14.8. The number of nitrogens with two attached hydrogens (primary N) is 1. The van der Waals surface area contributed by atoms with Gasteiger partial charge in [0.05, 0.1) is 11.2 Å². The van der Waals surface area contributed by atoms with Crippen LogP contribution in [0.4, 0.5) is 5.69 Å². The van der Waals surface area contributed by atoms with Crippen LogP contribution in [0.3, 0.4) is 0 Å². The summed E-state index contributed by atoms with van der Waals surface area (Å²) >= 11 is 0. The molecule has 1 amide bonds. The molecule has 2 aromatic rings. The second-order valence-electron chi connectivity index (χ2n) is 5.24. The van der Waals surface area contributed by atoms with Gasteiger partial charge in [0.15, 0.2) is 0 Å². The molecule has 1 aromatic carbocycles. The van der Waals surface area contributed by atoms with Crippen LogP contribution in [0.2, 0.25) is 0 Å². The SMILES string of the molecule is CCCNc1cccc2c3c([nH]c12)C=C(C(N)=O)C=CC3. The number of allylic oxidation sites excluding steroid dienone is 1. The van der Waals surface area contributed by atoms with Crippen molar-refractivity contribution in [3.8, 4) is 0 Å². The van der Waals surface area contributed by atoms with E-state index in [1.165, 1.54) is 10.9 Å². The first-order valence-corrected chi connectivity index (χ1v) is 7.26. The number of primary amides is 1. The zero-order valence-corrected chi connectivity index (χ0v) is 12.1. The van der Waals surface area contributed by atoms with E-state index in [1.54, 1.807) is 6.08 Å². The maximum Gasteiger partial charge on any atom is 0.248 e. The van der Waals surface area contributed by atoms with Gasteiger partial charge in [0.1, 0.15) is 0 Å². The topological polar surface area (TPSA) is 70.9 Å². The van der Waals surface area contributed by atoms with Gasteiger partial charge in [-0.25, -0.2) is 0 Å². The van der Waals surface area contributed by atoms with Crippen LogP contribution < -0.4 is 11.1 Å². The number of rotatable bonds is 4. The predicted molar refractivity (Wildman–Crippen MR) is 87.1 cm³/mol. The Bertz CT molecular complexity index is 753. The molecule has 0 atom stereocenters. The number of carbonyl (C=O) groups is 1. The lowest BCUT2D eigenvalue weighted by atomic mass is 10.1. The van der Waals surface area contributed by atoms with E-state index >= 15 is 0 Å². The smallest absolute Gasteiger partial charge is 0.248 e. The highest BCUT2D eigenvalue weighted by atomic mass is 16.1. The highest BCUT2D eigenvalue weighted by molar-refractivity contribution is 6.02. The molecule has 3 rings (SSSR count). The number of H-pyrrole nitrogens is 1. The summed E-state index contributed by atoms with van der Waals surface area (Å²) < 4.78 is 0. The van der Waals surface area contributed by atoms with Gasteiger partial charge in [-0.15, -0.1) is 0 Å². The average molecular weight is 281 g/mol. The van der Waals surface area contributed by atoms with E-state index in [0.29, 0.717) is 5.57 Å². The minimum absolute atomic E-state index is 0.401. The average Bonchev–Trinajstić information content (AvgIpc) is 2.68. The lowest BCUT2D eigenvalue weighted by Gasteiger charge is -2.06. The van der Waals surface area contributed by atoms with Crippen molar-refractivity contribution in [2.24, 2.45) is 5.73 Å². The van der Waals surface area contributed by atoms with Crippen LogP contribution in [0.5, 0.6) is 0 Å². The van der Waals surface area contributed by atoms with E-state index in [-0.39, 0.29) is 0 Å². The molecule has 21 heavy (non-hydrogen) atoms. The van der Waals surface area contributed by atoms with Crippen LogP contribution in [0.15, 0.2) is 35.9 Å². The molecule has 0 unspecified atom stereocenters. The van der Waals surface area contributed by atoms with E-state index in [4.69, 9.17) is 5.73 Å². The third-order valence-electron chi connectivity index (χ3n) is 3.74. The number of benzene rings is 1. The van der Waals surface area contributed by atoms with Gasteiger partial charge in [-0.1, -0.05) is 31.2 Å². The minimum Gasteiger partial charge on any atom is -0.383 e. The summed E-state index contributed by atoms with van der Waals surface area (Å²) in [6.07, 6.45) is 7.49. The van der Waals surface area contributed by atoms with Crippen LogP contribution in [-0.2, 0) is 11.2 Å². The maximum atomic E-state index is 11.4. The first-order valence-electron chi connectivity index (χ1n) is 7.26. The summed E-state index contributed by atoms with van der Waals surface area (Å²) in [5.74, 6) is -0.401. The van der Waals surface area contributed by atoms with E-state index in [9.17, 15) is 4.79 Å². The molecule has 0 fully saturated rings. The van der Waals surface area contributed by atoms with Crippen molar-refractivity contribution in [3.63, 3.8) is 0 Å². The molecule has 0 bridgehead atoms. The number of hydrogen-bond donors (Lipinski definition) is 3. The number of anilines is 1. The van der Waals surface area contributed by atoms with Crippen LogP contribution >= 0.6 is 0 Å². The molecule has 1 aliphatic rings. The number of fused-ring (bicyclic) bond motifs is 3. The predicted octanol–water partition coefficient (Wildman–Crippen LogP) is 2.97. The van der Waals surface area contributed by atoms with E-state index in [1.807, 2.05) is 12.2 Å². The normalized spacial score (nSPS) is 13.7. The molecule has 0 saturated heterocycles. The summed E-state index contributed by atoms with van der Waals surface area (Å²) in [5, 5.41) is 4.63. The fourth-order valence-corrected chi connectivity index (χ4v) is 2.70. The third kappa shape index (κ3) is 2.44. The zero-order valence-electron chi connectivity index (χ0n) is 12.1. The van der Waals surface area contributed by atoms with Crippen LogP contribution in [-0.4, -0.2) is 17.4 Å². The number of nitrogens with one attached hydrogen (secondary N) is 2. The number of para-hydroxylation sites is 1. The van der Waals surface area contributed by atoms with Gasteiger partial charge in [0, 0.05) is 23.2 Å². The van der Waals surface area contributed by atoms with Gasteiger partial charge in [0.2, 0.25) is 5.91 Å². The first kappa shape index (κ1) is 13.5. The zero-order chi connectivity index (χ0) is 14.8. The van der Waals surface area contributed by atoms with Gasteiger partial charge in [-0.05, 0) is 30.5 Å². The van der Waals surface area contributed by atoms with Gasteiger partial charge in [-0.2, -0.15) is 0 Å². The molecule has 0 spiro atoms. The molecular formula is C17H19N3O. The van der Waals surface area contributed by atoms with Crippen LogP contribution in [0, 0.1) is 0 Å². The van der Waals surface area contributed by atoms with Gasteiger partial charge in [0.25, 0.3) is 0 Å². The molecule has 0 radical (unpaired) electrons. The Morgan fingerprint density at radius 3 is 3.05 bits per heavy atom. The van der Waals surface area contributed by atoms with E-state index in [2.05, 4.69) is 35.4 Å². The Balaban J connectivity index is 2.14. The summed E-state index contributed by atoms with van der Waals surface area (Å²) in [6, 6.07) is 6.24. The molecule has 1 aromatic heterocycles. The van der Waals surface area contributed by atoms with Crippen molar-refractivity contribution in [1.82, 2.24) is 4.98 Å². The molecule has 1 heterocycles. The molecule has 108 valence electrons. The Hall–Kier alpha value is -2.49. The second-order valence-corrected chi connectivity index (χ2v) is 5.24. The van der Waals surface area contributed by atoms with Crippen molar-refractivity contribution >= 4 is 28.6 Å². The Labute approximate surface area is 123 Å². The second kappa shape index (κ2) is 5.48. The van der Waals surface area contributed by atoms with E-state index < -0.39 is 5.91 Å². The number of hydrogen-bond acceptors (Lipinski definition) is 2. The maximum absolute atomic E-state index is 11.4. The highest BCUT2D eigenvalue weighted by Crippen LogP contribution is 2.31. The van der Waals surface area contributed by atoms with Crippen molar-refractivity contribution in [3.05, 3.63) is 47.2 Å². The minimum atomic E-state index is -0.401. The molecule has 0 saturated carbocycles.